The Kier molecular flexibility index (Phi) is 4.85. The summed E-state index contributed by atoms with van der Waals surface area (Å²) in [5.41, 5.74) is 7.17. The van der Waals surface area contributed by atoms with Crippen LogP contribution in [0.25, 0.3) is 0 Å². The molecule has 1 aromatic heterocycles. The summed E-state index contributed by atoms with van der Waals surface area (Å²) in [6, 6.07) is -0.101. The van der Waals surface area contributed by atoms with Crippen LogP contribution >= 0.6 is 0 Å². The van der Waals surface area contributed by atoms with Crippen molar-refractivity contribution in [3.63, 3.8) is 0 Å². The van der Waals surface area contributed by atoms with Crippen molar-refractivity contribution in [2.45, 2.75) is 62.6 Å². The smallest absolute Gasteiger partial charge is 0.260 e. The summed E-state index contributed by atoms with van der Waals surface area (Å²) in [6.07, 6.45) is 9.42. The lowest BCUT2D eigenvalue weighted by Gasteiger charge is -2.40. The number of nitrogens with two attached hydrogens (primary N) is 1. The average molecular weight is 346 g/mol. The monoisotopic (exact) mass is 346 g/mol. The van der Waals surface area contributed by atoms with Gasteiger partial charge in [0.05, 0.1) is 18.8 Å². The van der Waals surface area contributed by atoms with Crippen LogP contribution in [-0.4, -0.2) is 58.7 Å². The number of carbonyl (C=O) groups excluding carboxylic acids is 1. The standard InChI is InChI=1S/C18H26N4O3/c19-14-2-1-9-22-15(14)10-24-13-5-3-12(4-6-13)17-18(21-8-7-20-17)25-11-16(22)23/h7-8,12-15H,1-6,9-11,19H2/t12-,13+,14-,15-/m0/s1. The minimum Gasteiger partial charge on any atom is -0.466 e. The van der Waals surface area contributed by atoms with Gasteiger partial charge in [-0.2, -0.15) is 0 Å². The molecule has 7 heteroatoms. The molecule has 1 aromatic rings. The molecule has 0 unspecified atom stereocenters. The van der Waals surface area contributed by atoms with E-state index in [1.54, 1.807) is 12.4 Å². The van der Waals surface area contributed by atoms with Gasteiger partial charge in [0.25, 0.3) is 5.91 Å². The largest absolute Gasteiger partial charge is 0.466 e. The van der Waals surface area contributed by atoms with Crippen LogP contribution in [-0.2, 0) is 9.53 Å². The highest BCUT2D eigenvalue weighted by atomic mass is 16.5. The zero-order chi connectivity index (χ0) is 17.2. The second-order valence-electron chi connectivity index (χ2n) is 7.30. The van der Waals surface area contributed by atoms with Crippen LogP contribution in [0.4, 0.5) is 0 Å². The predicted octanol–water partition coefficient (Wildman–Crippen LogP) is 1.23. The topological polar surface area (TPSA) is 90.6 Å². The molecule has 3 aliphatic heterocycles. The van der Waals surface area contributed by atoms with Gasteiger partial charge in [0.2, 0.25) is 5.88 Å². The van der Waals surface area contributed by atoms with Gasteiger partial charge in [0, 0.05) is 30.9 Å². The number of amides is 1. The van der Waals surface area contributed by atoms with Gasteiger partial charge < -0.3 is 20.1 Å². The third-order valence-electron chi connectivity index (χ3n) is 5.74. The minimum absolute atomic E-state index is 0.0228. The van der Waals surface area contributed by atoms with E-state index < -0.39 is 0 Å². The van der Waals surface area contributed by atoms with Gasteiger partial charge in [-0.1, -0.05) is 0 Å². The Morgan fingerprint density at radius 3 is 2.76 bits per heavy atom. The number of piperidine rings is 1. The molecule has 2 atom stereocenters. The zero-order valence-corrected chi connectivity index (χ0v) is 14.5. The first-order chi connectivity index (χ1) is 12.2. The molecule has 2 fully saturated rings. The molecular weight excluding hydrogens is 320 g/mol. The predicted molar refractivity (Wildman–Crippen MR) is 91.2 cm³/mol. The molecule has 4 heterocycles. The molecule has 0 aromatic carbocycles. The van der Waals surface area contributed by atoms with Gasteiger partial charge in [0.1, 0.15) is 5.69 Å². The van der Waals surface area contributed by atoms with Gasteiger partial charge in [-0.3, -0.25) is 9.78 Å². The maximum absolute atomic E-state index is 12.7. The number of rotatable bonds is 0. The van der Waals surface area contributed by atoms with E-state index in [0.29, 0.717) is 24.9 Å². The molecule has 4 aliphatic rings. The first kappa shape index (κ1) is 16.7. The highest BCUT2D eigenvalue weighted by Crippen LogP contribution is 2.36. The molecule has 1 saturated heterocycles. The summed E-state index contributed by atoms with van der Waals surface area (Å²) in [7, 11) is 0. The molecule has 1 saturated carbocycles. The number of aromatic nitrogens is 2. The van der Waals surface area contributed by atoms with Crippen molar-refractivity contribution in [1.82, 2.24) is 14.9 Å². The molecule has 0 radical (unpaired) electrons. The van der Waals surface area contributed by atoms with Crippen LogP contribution in [0.1, 0.15) is 50.1 Å². The first-order valence-electron chi connectivity index (χ1n) is 9.32. The number of fused-ring (bicyclic) bond motifs is 5. The molecule has 1 amide bonds. The number of carbonyl (C=O) groups is 1. The molecule has 1 aliphatic carbocycles. The van der Waals surface area contributed by atoms with E-state index in [4.69, 9.17) is 15.2 Å². The Labute approximate surface area is 147 Å². The second kappa shape index (κ2) is 7.25. The maximum Gasteiger partial charge on any atom is 0.260 e. The lowest BCUT2D eigenvalue weighted by molar-refractivity contribution is -0.140. The molecular formula is C18H26N4O3. The molecule has 2 N–H and O–H groups in total. The Balaban J connectivity index is 1.61. The fourth-order valence-electron chi connectivity index (χ4n) is 4.29. The lowest BCUT2D eigenvalue weighted by atomic mass is 9.85. The van der Waals surface area contributed by atoms with E-state index in [2.05, 4.69) is 9.97 Å². The third-order valence-corrected chi connectivity index (χ3v) is 5.74. The van der Waals surface area contributed by atoms with Gasteiger partial charge in [-0.15, -0.1) is 0 Å². The van der Waals surface area contributed by atoms with Crippen LogP contribution in [0.5, 0.6) is 5.88 Å². The molecule has 25 heavy (non-hydrogen) atoms. The lowest BCUT2D eigenvalue weighted by Crippen LogP contribution is -2.57. The summed E-state index contributed by atoms with van der Waals surface area (Å²) in [4.78, 5) is 23.4. The molecule has 0 spiro atoms. The number of hydrogen-bond acceptors (Lipinski definition) is 6. The van der Waals surface area contributed by atoms with E-state index in [-0.39, 0.29) is 30.7 Å². The second-order valence-corrected chi connectivity index (χ2v) is 7.30. The Morgan fingerprint density at radius 1 is 1.12 bits per heavy atom. The van der Waals surface area contributed by atoms with E-state index in [9.17, 15) is 4.79 Å². The average Bonchev–Trinajstić information content (AvgIpc) is 2.66. The highest BCUT2D eigenvalue weighted by Gasteiger charge is 2.35. The Morgan fingerprint density at radius 2 is 1.92 bits per heavy atom. The summed E-state index contributed by atoms with van der Waals surface area (Å²) >= 11 is 0. The van der Waals surface area contributed by atoms with Crippen molar-refractivity contribution in [2.24, 2.45) is 5.73 Å². The van der Waals surface area contributed by atoms with Crippen LogP contribution in [0.2, 0.25) is 0 Å². The van der Waals surface area contributed by atoms with Crippen molar-refractivity contribution in [3.05, 3.63) is 18.1 Å². The van der Waals surface area contributed by atoms with Crippen molar-refractivity contribution >= 4 is 5.91 Å². The van der Waals surface area contributed by atoms with Crippen LogP contribution in [0, 0.1) is 0 Å². The van der Waals surface area contributed by atoms with E-state index in [1.807, 2.05) is 4.90 Å². The molecule has 136 valence electrons. The fourth-order valence-corrected chi connectivity index (χ4v) is 4.29. The van der Waals surface area contributed by atoms with Gasteiger partial charge in [0.15, 0.2) is 6.61 Å². The molecule has 2 bridgehead atoms. The van der Waals surface area contributed by atoms with E-state index in [1.165, 1.54) is 0 Å². The highest BCUT2D eigenvalue weighted by molar-refractivity contribution is 5.78. The van der Waals surface area contributed by atoms with Crippen molar-refractivity contribution in [2.75, 3.05) is 19.8 Å². The van der Waals surface area contributed by atoms with E-state index >= 15 is 0 Å². The number of nitrogens with zero attached hydrogens (tertiary/aromatic N) is 3. The number of ether oxygens (including phenoxy) is 2. The van der Waals surface area contributed by atoms with Crippen molar-refractivity contribution in [1.29, 1.82) is 0 Å². The first-order valence-corrected chi connectivity index (χ1v) is 9.32. The Bertz CT molecular complexity index is 618. The van der Waals surface area contributed by atoms with Crippen LogP contribution < -0.4 is 10.5 Å². The molecule has 5 rings (SSSR count). The summed E-state index contributed by atoms with van der Waals surface area (Å²) in [5, 5.41) is 0. The SMILES string of the molecule is N[C@H]1CCCN2C(=O)COc3nccnc3[C@H]3CC[C@H](CC3)OC[C@@H]12. The van der Waals surface area contributed by atoms with Crippen LogP contribution in [0.15, 0.2) is 12.4 Å². The van der Waals surface area contributed by atoms with Gasteiger partial charge >= 0.3 is 0 Å². The normalized spacial score (nSPS) is 33.3. The maximum atomic E-state index is 12.7. The quantitative estimate of drug-likeness (QED) is 0.760. The van der Waals surface area contributed by atoms with Crippen molar-refractivity contribution < 1.29 is 14.3 Å². The third kappa shape index (κ3) is 3.48. The minimum atomic E-state index is -0.0651. The molecule has 7 nitrogen and oxygen atoms in total. The van der Waals surface area contributed by atoms with Crippen molar-refractivity contribution in [3.8, 4) is 5.88 Å². The van der Waals surface area contributed by atoms with E-state index in [0.717, 1.165) is 44.2 Å². The zero-order valence-electron chi connectivity index (χ0n) is 14.5. The van der Waals surface area contributed by atoms with Gasteiger partial charge in [-0.25, -0.2) is 4.98 Å². The summed E-state index contributed by atoms with van der Waals surface area (Å²) < 4.78 is 12.0. The number of hydrogen-bond donors (Lipinski definition) is 1. The van der Waals surface area contributed by atoms with Crippen LogP contribution in [0.3, 0.4) is 0 Å². The summed E-state index contributed by atoms with van der Waals surface area (Å²) in [6.45, 7) is 1.21. The Hall–Kier alpha value is -1.73. The fraction of sp³-hybridized carbons (Fsp3) is 0.722. The van der Waals surface area contributed by atoms with Gasteiger partial charge in [-0.05, 0) is 38.5 Å². The summed E-state index contributed by atoms with van der Waals surface area (Å²) in [5.74, 6) is 0.772.